The van der Waals surface area contributed by atoms with Gasteiger partial charge in [-0.1, -0.05) is 12.1 Å². The summed E-state index contributed by atoms with van der Waals surface area (Å²) in [4.78, 5) is 11.1. The Hall–Kier alpha value is -2.45. The summed E-state index contributed by atoms with van der Waals surface area (Å²) in [6, 6.07) is 10.1. The van der Waals surface area contributed by atoms with E-state index in [1.165, 1.54) is 12.1 Å². The van der Waals surface area contributed by atoms with Crippen LogP contribution in [0.2, 0.25) is 0 Å². The number of amides is 1. The lowest BCUT2D eigenvalue weighted by Crippen LogP contribution is -2.31. The van der Waals surface area contributed by atoms with Crippen LogP contribution in [-0.2, 0) is 21.2 Å². The highest BCUT2D eigenvalue weighted by molar-refractivity contribution is 7.89. The number of carbonyl (C=O) groups excluding carboxylic acids is 1. The Bertz CT molecular complexity index is 913. The molecule has 0 aromatic heterocycles. The van der Waals surface area contributed by atoms with Crippen LogP contribution in [0, 0.1) is 5.82 Å². The number of carbonyl (C=O) groups is 1. The summed E-state index contributed by atoms with van der Waals surface area (Å²) in [5.74, 6) is -0.337. The first-order valence-electron chi connectivity index (χ1n) is 8.14. The molecule has 1 aliphatic heterocycles. The van der Waals surface area contributed by atoms with Crippen LogP contribution in [0.3, 0.4) is 0 Å². The summed E-state index contributed by atoms with van der Waals surface area (Å²) in [7, 11) is -3.72. The predicted octanol–water partition coefficient (Wildman–Crippen LogP) is 1.70. The van der Waals surface area contributed by atoms with Crippen molar-refractivity contribution in [2.24, 2.45) is 5.73 Å². The largest absolute Gasteiger partial charge is 0.493 e. The van der Waals surface area contributed by atoms with Crippen molar-refractivity contribution in [3.63, 3.8) is 0 Å². The van der Waals surface area contributed by atoms with Gasteiger partial charge in [0, 0.05) is 12.5 Å². The predicted molar refractivity (Wildman–Crippen MR) is 93.8 cm³/mol. The lowest BCUT2D eigenvalue weighted by Gasteiger charge is -2.26. The van der Waals surface area contributed by atoms with E-state index in [1.54, 1.807) is 12.1 Å². The molecule has 3 N–H and O–H groups in total. The summed E-state index contributed by atoms with van der Waals surface area (Å²) in [6.07, 6.45) is 0.784. The van der Waals surface area contributed by atoms with E-state index in [4.69, 9.17) is 10.5 Å². The van der Waals surface area contributed by atoms with Gasteiger partial charge in [-0.05, 0) is 47.9 Å². The maximum atomic E-state index is 13.0. The van der Waals surface area contributed by atoms with E-state index in [0.717, 1.165) is 23.3 Å². The number of fused-ring (bicyclic) bond motifs is 1. The molecule has 0 aliphatic carbocycles. The molecule has 1 atom stereocenters. The number of sulfonamides is 1. The monoisotopic (exact) mass is 378 g/mol. The second-order valence-corrected chi connectivity index (χ2v) is 7.92. The number of nitrogens with two attached hydrogens (primary N) is 1. The van der Waals surface area contributed by atoms with E-state index in [0.29, 0.717) is 18.8 Å². The third kappa shape index (κ3) is 4.20. The summed E-state index contributed by atoms with van der Waals surface area (Å²) < 4.78 is 45.9. The molecule has 0 bridgehead atoms. The third-order valence-electron chi connectivity index (χ3n) is 4.26. The fraction of sp³-hybridized carbons (Fsp3) is 0.278. The van der Waals surface area contributed by atoms with E-state index in [-0.39, 0.29) is 23.8 Å². The van der Waals surface area contributed by atoms with Crippen LogP contribution < -0.4 is 15.2 Å². The van der Waals surface area contributed by atoms with Gasteiger partial charge < -0.3 is 10.5 Å². The number of hydrogen-bond acceptors (Lipinski definition) is 4. The molecule has 2 aromatic rings. The van der Waals surface area contributed by atoms with Gasteiger partial charge in [0.2, 0.25) is 15.9 Å². The second-order valence-electron chi connectivity index (χ2n) is 6.16. The van der Waals surface area contributed by atoms with Crippen molar-refractivity contribution in [2.75, 3.05) is 13.2 Å². The van der Waals surface area contributed by atoms with Crippen molar-refractivity contribution in [3.8, 4) is 5.75 Å². The van der Waals surface area contributed by atoms with Gasteiger partial charge in [0.1, 0.15) is 11.6 Å². The quantitative estimate of drug-likeness (QED) is 0.799. The third-order valence-corrected chi connectivity index (χ3v) is 5.70. The van der Waals surface area contributed by atoms with Crippen molar-refractivity contribution in [1.29, 1.82) is 0 Å². The van der Waals surface area contributed by atoms with E-state index < -0.39 is 21.7 Å². The van der Waals surface area contributed by atoms with Crippen LogP contribution in [0.5, 0.6) is 5.75 Å². The number of hydrogen-bond donors (Lipinski definition) is 2. The molecule has 0 saturated heterocycles. The van der Waals surface area contributed by atoms with Gasteiger partial charge >= 0.3 is 0 Å². The molecule has 0 radical (unpaired) electrons. The highest BCUT2D eigenvalue weighted by atomic mass is 32.2. The van der Waals surface area contributed by atoms with Crippen LogP contribution in [0.25, 0.3) is 0 Å². The molecular weight excluding hydrogens is 359 g/mol. The first kappa shape index (κ1) is 18.3. The molecule has 1 aliphatic rings. The number of benzene rings is 2. The maximum Gasteiger partial charge on any atom is 0.240 e. The Morgan fingerprint density at radius 3 is 2.65 bits per heavy atom. The van der Waals surface area contributed by atoms with Crippen molar-refractivity contribution >= 4 is 15.9 Å². The van der Waals surface area contributed by atoms with Crippen molar-refractivity contribution in [3.05, 3.63) is 59.4 Å². The lowest BCUT2D eigenvalue weighted by atomic mass is 9.92. The number of primary amides is 1. The summed E-state index contributed by atoms with van der Waals surface area (Å²) in [5.41, 5.74) is 6.84. The van der Waals surface area contributed by atoms with Crippen LogP contribution in [0.15, 0.2) is 47.4 Å². The molecule has 8 heteroatoms. The topological polar surface area (TPSA) is 98.5 Å². The Labute approximate surface area is 151 Å². The van der Waals surface area contributed by atoms with Crippen molar-refractivity contribution < 1.29 is 22.3 Å². The minimum Gasteiger partial charge on any atom is -0.493 e. The molecular formula is C18H19FN2O4S. The molecule has 6 nitrogen and oxygen atoms in total. The summed E-state index contributed by atoms with van der Waals surface area (Å²) in [5, 5.41) is 0. The zero-order valence-corrected chi connectivity index (χ0v) is 14.8. The Kier molecular flexibility index (Phi) is 5.24. The zero-order chi connectivity index (χ0) is 18.7. The maximum absolute atomic E-state index is 13.0. The van der Waals surface area contributed by atoms with Gasteiger partial charge in [-0.3, -0.25) is 4.79 Å². The number of halogens is 1. The molecule has 0 spiro atoms. The number of nitrogens with one attached hydrogen (secondary N) is 1. The molecule has 1 amide bonds. The number of rotatable bonds is 6. The molecule has 1 heterocycles. The van der Waals surface area contributed by atoms with Crippen molar-refractivity contribution in [1.82, 2.24) is 4.72 Å². The van der Waals surface area contributed by atoms with Crippen LogP contribution in [0.1, 0.15) is 23.5 Å². The van der Waals surface area contributed by atoms with E-state index >= 15 is 0 Å². The van der Waals surface area contributed by atoms with Gasteiger partial charge in [-0.15, -0.1) is 0 Å². The number of ether oxygens (including phenoxy) is 1. The smallest absolute Gasteiger partial charge is 0.240 e. The minimum absolute atomic E-state index is 0.0167. The van der Waals surface area contributed by atoms with Gasteiger partial charge in [0.05, 0.1) is 17.9 Å². The normalized spacial score (nSPS) is 16.6. The van der Waals surface area contributed by atoms with E-state index in [1.807, 2.05) is 6.07 Å². The fourth-order valence-electron chi connectivity index (χ4n) is 2.94. The second kappa shape index (κ2) is 7.43. The highest BCUT2D eigenvalue weighted by Gasteiger charge is 2.24. The van der Waals surface area contributed by atoms with Gasteiger partial charge in [-0.2, -0.15) is 0 Å². The van der Waals surface area contributed by atoms with Crippen LogP contribution in [-0.4, -0.2) is 27.5 Å². The SMILES string of the molecule is NC(=O)Cc1ccc2c(c1)OCCC2CNS(=O)(=O)c1ccc(F)cc1. The van der Waals surface area contributed by atoms with E-state index in [2.05, 4.69) is 4.72 Å². The van der Waals surface area contributed by atoms with E-state index in [9.17, 15) is 17.6 Å². The molecule has 1 unspecified atom stereocenters. The Balaban J connectivity index is 1.74. The first-order valence-corrected chi connectivity index (χ1v) is 9.62. The average Bonchev–Trinajstić information content (AvgIpc) is 2.59. The fourth-order valence-corrected chi connectivity index (χ4v) is 4.02. The summed E-state index contributed by atoms with van der Waals surface area (Å²) >= 11 is 0. The Morgan fingerprint density at radius 1 is 1.23 bits per heavy atom. The van der Waals surface area contributed by atoms with Crippen molar-refractivity contribution in [2.45, 2.75) is 23.7 Å². The molecule has 26 heavy (non-hydrogen) atoms. The molecule has 138 valence electrons. The Morgan fingerprint density at radius 2 is 1.96 bits per heavy atom. The minimum atomic E-state index is -3.72. The van der Waals surface area contributed by atoms with Gasteiger partial charge in [0.15, 0.2) is 0 Å². The highest BCUT2D eigenvalue weighted by Crippen LogP contribution is 2.34. The molecule has 3 rings (SSSR count). The summed E-state index contributed by atoms with van der Waals surface area (Å²) in [6.45, 7) is 0.654. The van der Waals surface area contributed by atoms with Crippen LogP contribution >= 0.6 is 0 Å². The average molecular weight is 378 g/mol. The van der Waals surface area contributed by atoms with Crippen LogP contribution in [0.4, 0.5) is 4.39 Å². The molecule has 0 fully saturated rings. The lowest BCUT2D eigenvalue weighted by molar-refractivity contribution is -0.117. The molecule has 2 aromatic carbocycles. The zero-order valence-electron chi connectivity index (χ0n) is 13.9. The van der Waals surface area contributed by atoms with Gasteiger partial charge in [-0.25, -0.2) is 17.5 Å². The standard InChI is InChI=1S/C18H19FN2O4S/c19-14-2-4-15(5-3-14)26(23,24)21-11-13-7-8-25-17-9-12(10-18(20)22)1-6-16(13)17/h1-6,9,13,21H,7-8,10-11H2,(H2,20,22). The van der Waals surface area contributed by atoms with Gasteiger partial charge in [0.25, 0.3) is 0 Å². The first-order chi connectivity index (χ1) is 12.3. The molecule has 0 saturated carbocycles.